The van der Waals surface area contributed by atoms with Crippen molar-refractivity contribution < 1.29 is 4.39 Å². The molecule has 4 heterocycles. The Hall–Kier alpha value is -2.73. The van der Waals surface area contributed by atoms with Crippen LogP contribution in [0, 0.1) is 18.7 Å². The van der Waals surface area contributed by atoms with Gasteiger partial charge in [0.15, 0.2) is 0 Å². The van der Waals surface area contributed by atoms with Gasteiger partial charge in [0.1, 0.15) is 11.6 Å². The van der Waals surface area contributed by atoms with E-state index in [1.54, 1.807) is 18.5 Å². The molecule has 5 nitrogen and oxygen atoms in total. The molecule has 2 bridgehead atoms. The monoisotopic (exact) mass is 378 g/mol. The van der Waals surface area contributed by atoms with Crippen LogP contribution in [0.1, 0.15) is 29.2 Å². The van der Waals surface area contributed by atoms with Crippen molar-refractivity contribution in [1.82, 2.24) is 19.4 Å². The number of rotatable bonds is 3. The van der Waals surface area contributed by atoms with Crippen molar-refractivity contribution in [2.75, 3.05) is 13.1 Å². The van der Waals surface area contributed by atoms with Gasteiger partial charge in [-0.15, -0.1) is 0 Å². The van der Waals surface area contributed by atoms with Crippen LogP contribution in [0.3, 0.4) is 0 Å². The summed E-state index contributed by atoms with van der Waals surface area (Å²) in [4.78, 5) is 22.8. The van der Waals surface area contributed by atoms with E-state index in [0.717, 1.165) is 43.9 Å². The number of likely N-dealkylation sites (tertiary alicyclic amines) is 1. The summed E-state index contributed by atoms with van der Waals surface area (Å²) in [7, 11) is 0. The summed E-state index contributed by atoms with van der Waals surface area (Å²) in [5.74, 6) is 1.29. The summed E-state index contributed by atoms with van der Waals surface area (Å²) in [6.07, 6.45) is 4.53. The SMILES string of the molecule is Cc1cc(CN2C[C@@H]3C[C@H](C2)c2ccc(-c4ncc[nH]4)c(=O)n2C3)ccc1F. The number of nitrogens with zero attached hydrogens (tertiary/aromatic N) is 3. The Kier molecular flexibility index (Phi) is 4.16. The summed E-state index contributed by atoms with van der Waals surface area (Å²) in [5.41, 5.74) is 3.63. The smallest absolute Gasteiger partial charge is 0.261 e. The van der Waals surface area contributed by atoms with Crippen molar-refractivity contribution in [3.63, 3.8) is 0 Å². The molecule has 1 N–H and O–H groups in total. The molecule has 5 rings (SSSR count). The van der Waals surface area contributed by atoms with Crippen molar-refractivity contribution in [2.24, 2.45) is 5.92 Å². The van der Waals surface area contributed by atoms with Crippen molar-refractivity contribution in [3.05, 3.63) is 75.7 Å². The second kappa shape index (κ2) is 6.71. The average molecular weight is 378 g/mol. The number of aromatic amines is 1. The molecule has 2 aromatic heterocycles. The van der Waals surface area contributed by atoms with Gasteiger partial charge in [0.2, 0.25) is 0 Å². The first-order valence-corrected chi connectivity index (χ1v) is 9.79. The van der Waals surface area contributed by atoms with Crippen LogP contribution in [0.5, 0.6) is 0 Å². The molecule has 28 heavy (non-hydrogen) atoms. The van der Waals surface area contributed by atoms with Gasteiger partial charge < -0.3 is 9.55 Å². The van der Waals surface area contributed by atoms with Gasteiger partial charge in [0, 0.05) is 50.2 Å². The van der Waals surface area contributed by atoms with E-state index in [4.69, 9.17) is 0 Å². The highest BCUT2D eigenvalue weighted by atomic mass is 19.1. The molecule has 0 radical (unpaired) electrons. The zero-order valence-electron chi connectivity index (χ0n) is 15.9. The van der Waals surface area contributed by atoms with Crippen LogP contribution < -0.4 is 5.56 Å². The van der Waals surface area contributed by atoms with Gasteiger partial charge in [-0.25, -0.2) is 9.37 Å². The zero-order valence-corrected chi connectivity index (χ0v) is 15.9. The summed E-state index contributed by atoms with van der Waals surface area (Å²) in [6, 6.07) is 9.36. The molecule has 0 aliphatic carbocycles. The van der Waals surface area contributed by atoms with E-state index in [-0.39, 0.29) is 11.4 Å². The van der Waals surface area contributed by atoms with E-state index in [0.29, 0.717) is 28.8 Å². The van der Waals surface area contributed by atoms with Gasteiger partial charge in [-0.1, -0.05) is 12.1 Å². The third-order valence-electron chi connectivity index (χ3n) is 6.06. The van der Waals surface area contributed by atoms with Crippen LogP contribution in [0.25, 0.3) is 11.4 Å². The molecule has 1 aromatic carbocycles. The van der Waals surface area contributed by atoms with Crippen molar-refractivity contribution in [1.29, 1.82) is 0 Å². The minimum atomic E-state index is -0.153. The van der Waals surface area contributed by atoms with Crippen LogP contribution in [-0.4, -0.2) is 32.5 Å². The first-order valence-electron chi connectivity index (χ1n) is 9.79. The lowest BCUT2D eigenvalue weighted by Gasteiger charge is -2.43. The fraction of sp³-hybridized carbons (Fsp3) is 0.364. The van der Waals surface area contributed by atoms with Crippen molar-refractivity contribution in [2.45, 2.75) is 32.4 Å². The number of fused-ring (bicyclic) bond motifs is 4. The second-order valence-corrected chi connectivity index (χ2v) is 8.10. The van der Waals surface area contributed by atoms with Gasteiger partial charge >= 0.3 is 0 Å². The predicted molar refractivity (Wildman–Crippen MR) is 106 cm³/mol. The number of hydrogen-bond donors (Lipinski definition) is 1. The van der Waals surface area contributed by atoms with E-state index in [2.05, 4.69) is 20.9 Å². The lowest BCUT2D eigenvalue weighted by molar-refractivity contribution is 0.114. The van der Waals surface area contributed by atoms with Gasteiger partial charge in [-0.05, 0) is 48.6 Å². The van der Waals surface area contributed by atoms with Crippen LogP contribution in [0.15, 0.2) is 47.5 Å². The number of piperidine rings is 1. The quantitative estimate of drug-likeness (QED) is 0.761. The number of hydrogen-bond acceptors (Lipinski definition) is 3. The number of nitrogens with one attached hydrogen (secondary N) is 1. The molecule has 1 fully saturated rings. The predicted octanol–water partition coefficient (Wildman–Crippen LogP) is 3.31. The highest BCUT2D eigenvalue weighted by Gasteiger charge is 2.35. The fourth-order valence-electron chi connectivity index (χ4n) is 4.83. The van der Waals surface area contributed by atoms with Crippen LogP contribution in [0.2, 0.25) is 0 Å². The lowest BCUT2D eigenvalue weighted by Crippen LogP contribution is -2.47. The Balaban J connectivity index is 1.41. The first kappa shape index (κ1) is 17.4. The lowest BCUT2D eigenvalue weighted by atomic mass is 9.82. The molecule has 144 valence electrons. The van der Waals surface area contributed by atoms with Crippen LogP contribution >= 0.6 is 0 Å². The Bertz CT molecular complexity index is 1070. The number of halogens is 1. The molecule has 2 atom stereocenters. The van der Waals surface area contributed by atoms with E-state index in [9.17, 15) is 9.18 Å². The largest absolute Gasteiger partial charge is 0.344 e. The number of aryl methyl sites for hydroxylation is 1. The van der Waals surface area contributed by atoms with Crippen molar-refractivity contribution >= 4 is 0 Å². The maximum atomic E-state index is 13.6. The highest BCUT2D eigenvalue weighted by Crippen LogP contribution is 2.36. The molecule has 0 amide bonds. The molecule has 6 heteroatoms. The van der Waals surface area contributed by atoms with E-state index in [1.165, 1.54) is 0 Å². The second-order valence-electron chi connectivity index (χ2n) is 8.10. The molecule has 3 aromatic rings. The molecule has 0 saturated carbocycles. The summed E-state index contributed by atoms with van der Waals surface area (Å²) in [6.45, 7) is 5.26. The standard InChI is InChI=1S/C22H23FN4O/c1-14-8-15(2-4-19(14)23)10-26-11-16-9-17(13-26)20-5-3-18(21-24-6-7-25-21)22(28)27(20)12-16/h2-8,16-17H,9-13H2,1H3,(H,24,25)/t16-,17+/m0/s1. The van der Waals surface area contributed by atoms with Crippen molar-refractivity contribution in [3.8, 4) is 11.4 Å². The summed E-state index contributed by atoms with van der Waals surface area (Å²) in [5, 5.41) is 0. The van der Waals surface area contributed by atoms with E-state index >= 15 is 0 Å². The highest BCUT2D eigenvalue weighted by molar-refractivity contribution is 5.53. The molecular weight excluding hydrogens is 355 g/mol. The molecule has 2 aliphatic rings. The zero-order chi connectivity index (χ0) is 19.3. The Morgan fingerprint density at radius 2 is 2.11 bits per heavy atom. The Labute approximate surface area is 162 Å². The average Bonchev–Trinajstić information content (AvgIpc) is 3.20. The molecular formula is C22H23FN4O. The molecule has 1 saturated heterocycles. The maximum absolute atomic E-state index is 13.6. The summed E-state index contributed by atoms with van der Waals surface area (Å²) < 4.78 is 15.5. The van der Waals surface area contributed by atoms with Crippen LogP contribution in [0.4, 0.5) is 4.39 Å². The van der Waals surface area contributed by atoms with Gasteiger partial charge in [0.05, 0.1) is 5.56 Å². The minimum absolute atomic E-state index is 0.0461. The first-order chi connectivity index (χ1) is 13.6. The maximum Gasteiger partial charge on any atom is 0.261 e. The number of H-pyrrole nitrogens is 1. The number of aromatic nitrogens is 3. The minimum Gasteiger partial charge on any atom is -0.344 e. The van der Waals surface area contributed by atoms with Gasteiger partial charge in [-0.2, -0.15) is 0 Å². The Morgan fingerprint density at radius 3 is 2.89 bits per heavy atom. The van der Waals surface area contributed by atoms with Gasteiger partial charge in [0.25, 0.3) is 5.56 Å². The Morgan fingerprint density at radius 1 is 1.21 bits per heavy atom. The molecule has 0 spiro atoms. The van der Waals surface area contributed by atoms with E-state index < -0.39 is 0 Å². The number of imidazole rings is 1. The van der Waals surface area contributed by atoms with Crippen LogP contribution in [-0.2, 0) is 13.1 Å². The summed E-state index contributed by atoms with van der Waals surface area (Å²) >= 11 is 0. The van der Waals surface area contributed by atoms with E-state index in [1.807, 2.05) is 29.7 Å². The normalized spacial score (nSPS) is 21.5. The number of pyridine rings is 1. The number of benzene rings is 1. The van der Waals surface area contributed by atoms with Gasteiger partial charge in [-0.3, -0.25) is 9.69 Å². The third-order valence-corrected chi connectivity index (χ3v) is 6.06. The fourth-order valence-corrected chi connectivity index (χ4v) is 4.83. The third kappa shape index (κ3) is 2.98. The molecule has 0 unspecified atom stereocenters. The molecule has 2 aliphatic heterocycles. The topological polar surface area (TPSA) is 53.9 Å².